The predicted molar refractivity (Wildman–Crippen MR) is 76.1 cm³/mol. The van der Waals surface area contributed by atoms with Gasteiger partial charge in [0.1, 0.15) is 0 Å². The average Bonchev–Trinajstić information content (AvgIpc) is 2.89. The first kappa shape index (κ1) is 13.3. The Morgan fingerprint density at radius 2 is 1.79 bits per heavy atom. The summed E-state index contributed by atoms with van der Waals surface area (Å²) in [7, 11) is 0. The molecule has 4 nitrogen and oxygen atoms in total. The molecule has 0 atom stereocenters. The van der Waals surface area contributed by atoms with Crippen LogP contribution in [0.5, 0.6) is 0 Å². The molecule has 2 saturated heterocycles. The van der Waals surface area contributed by atoms with Gasteiger partial charge in [0.25, 0.3) is 0 Å². The minimum atomic E-state index is 0.474. The van der Waals surface area contributed by atoms with Crippen LogP contribution in [0.3, 0.4) is 0 Å². The summed E-state index contributed by atoms with van der Waals surface area (Å²) in [4.78, 5) is 2.57. The van der Waals surface area contributed by atoms with Crippen molar-refractivity contribution in [2.24, 2.45) is 0 Å². The van der Waals surface area contributed by atoms with Crippen molar-refractivity contribution in [1.29, 1.82) is 0 Å². The largest absolute Gasteiger partial charge is 0.321 e. The molecule has 2 aliphatic rings. The molecule has 104 valence electrons. The normalized spacial score (nSPS) is 23.0. The lowest BCUT2D eigenvalue weighted by molar-refractivity contribution is -0.920. The third-order valence-electron chi connectivity index (χ3n) is 4.67. The van der Waals surface area contributed by atoms with Gasteiger partial charge >= 0.3 is 0 Å². The minimum Gasteiger partial charge on any atom is -0.321 e. The van der Waals surface area contributed by atoms with Gasteiger partial charge in [-0.1, -0.05) is 11.6 Å². The van der Waals surface area contributed by atoms with Crippen molar-refractivity contribution in [2.75, 3.05) is 45.8 Å². The van der Waals surface area contributed by atoms with Gasteiger partial charge in [-0.15, -0.1) is 5.10 Å². The second-order valence-electron chi connectivity index (χ2n) is 5.88. The second-order valence-corrected chi connectivity index (χ2v) is 6.27. The molecular formula is C14H22ClN4+. The summed E-state index contributed by atoms with van der Waals surface area (Å²) in [6.45, 7) is 9.07. The molecule has 19 heavy (non-hydrogen) atoms. The van der Waals surface area contributed by atoms with Gasteiger partial charge in [-0.25, -0.2) is 0 Å². The molecule has 0 saturated carbocycles. The zero-order chi connectivity index (χ0) is 13.1. The first-order valence-corrected chi connectivity index (χ1v) is 7.69. The molecule has 0 amide bonds. The summed E-state index contributed by atoms with van der Waals surface area (Å²) in [6, 6.07) is 3.80. The Bertz CT molecular complexity index is 404. The minimum absolute atomic E-state index is 0.474. The molecule has 5 heteroatoms. The number of nitrogens with zero attached hydrogens (tertiary/aromatic N) is 4. The van der Waals surface area contributed by atoms with Crippen molar-refractivity contribution < 1.29 is 4.48 Å². The van der Waals surface area contributed by atoms with Gasteiger partial charge in [-0.3, -0.25) is 4.90 Å². The Morgan fingerprint density at radius 1 is 1.05 bits per heavy atom. The Kier molecular flexibility index (Phi) is 4.01. The maximum absolute atomic E-state index is 5.74. The summed E-state index contributed by atoms with van der Waals surface area (Å²) in [5.74, 6) is 0. The maximum atomic E-state index is 5.74. The van der Waals surface area contributed by atoms with Gasteiger partial charge < -0.3 is 4.48 Å². The topological polar surface area (TPSA) is 29.0 Å². The Morgan fingerprint density at radius 3 is 2.42 bits per heavy atom. The molecule has 0 unspecified atom stereocenters. The zero-order valence-electron chi connectivity index (χ0n) is 11.4. The predicted octanol–water partition coefficient (Wildman–Crippen LogP) is 1.60. The van der Waals surface area contributed by atoms with E-state index in [4.69, 9.17) is 11.6 Å². The van der Waals surface area contributed by atoms with Crippen LogP contribution >= 0.6 is 11.6 Å². The highest BCUT2D eigenvalue weighted by molar-refractivity contribution is 6.29. The van der Waals surface area contributed by atoms with Gasteiger partial charge in [0, 0.05) is 38.9 Å². The Balaban J connectivity index is 1.46. The summed E-state index contributed by atoms with van der Waals surface area (Å²) in [5.41, 5.74) is 1.04. The smallest absolute Gasteiger partial charge is 0.151 e. The molecule has 3 heterocycles. The van der Waals surface area contributed by atoms with Crippen LogP contribution in [0.2, 0.25) is 5.15 Å². The number of aromatic nitrogens is 2. The van der Waals surface area contributed by atoms with Gasteiger partial charge in [0.15, 0.2) is 5.15 Å². The number of quaternary nitrogens is 1. The number of halogens is 1. The summed E-state index contributed by atoms with van der Waals surface area (Å²) in [6.07, 6.45) is 3.84. The van der Waals surface area contributed by atoms with Crippen molar-refractivity contribution in [1.82, 2.24) is 15.1 Å². The molecule has 2 fully saturated rings. The molecule has 0 N–H and O–H groups in total. The molecule has 3 rings (SSSR count). The van der Waals surface area contributed by atoms with Crippen LogP contribution in [-0.4, -0.2) is 65.4 Å². The van der Waals surface area contributed by atoms with Crippen LogP contribution in [0.4, 0.5) is 0 Å². The first-order valence-electron chi connectivity index (χ1n) is 7.31. The maximum Gasteiger partial charge on any atom is 0.151 e. The standard InChI is InChI=1S/C14H22ClN4/c15-14-4-3-13(16-17-14)5-6-18-7-11-19(12-8-18)9-1-2-10-19/h3-4H,1-2,5-12H2/q+1. The van der Waals surface area contributed by atoms with E-state index in [1.54, 1.807) is 0 Å². The molecule has 0 aromatic carbocycles. The van der Waals surface area contributed by atoms with E-state index in [2.05, 4.69) is 15.1 Å². The lowest BCUT2D eigenvalue weighted by Crippen LogP contribution is -2.58. The van der Waals surface area contributed by atoms with Crippen molar-refractivity contribution in [3.8, 4) is 0 Å². The number of rotatable bonds is 3. The SMILES string of the molecule is Clc1ccc(CCN2CC[N+]3(CCCC3)CC2)nn1. The molecular weight excluding hydrogens is 260 g/mol. The van der Waals surface area contributed by atoms with Crippen LogP contribution in [-0.2, 0) is 6.42 Å². The van der Waals surface area contributed by atoms with E-state index >= 15 is 0 Å². The molecule has 1 spiro atoms. The van der Waals surface area contributed by atoms with Crippen LogP contribution in [0, 0.1) is 0 Å². The highest BCUT2D eigenvalue weighted by Gasteiger charge is 2.35. The van der Waals surface area contributed by atoms with Gasteiger partial charge in [0.2, 0.25) is 0 Å². The van der Waals surface area contributed by atoms with Gasteiger partial charge in [-0.05, 0) is 12.1 Å². The summed E-state index contributed by atoms with van der Waals surface area (Å²) in [5, 5.41) is 8.49. The molecule has 2 aliphatic heterocycles. The monoisotopic (exact) mass is 281 g/mol. The third kappa shape index (κ3) is 3.25. The number of piperazine rings is 1. The average molecular weight is 282 g/mol. The van der Waals surface area contributed by atoms with Crippen LogP contribution in [0.25, 0.3) is 0 Å². The van der Waals surface area contributed by atoms with E-state index in [9.17, 15) is 0 Å². The van der Waals surface area contributed by atoms with E-state index in [-0.39, 0.29) is 0 Å². The van der Waals surface area contributed by atoms with E-state index < -0.39 is 0 Å². The molecule has 1 aromatic rings. The zero-order valence-corrected chi connectivity index (χ0v) is 12.1. The molecule has 1 aromatic heterocycles. The Hall–Kier alpha value is -0.710. The van der Waals surface area contributed by atoms with Gasteiger partial charge in [0.05, 0.1) is 31.9 Å². The van der Waals surface area contributed by atoms with Crippen molar-refractivity contribution in [2.45, 2.75) is 19.3 Å². The van der Waals surface area contributed by atoms with Crippen molar-refractivity contribution in [3.05, 3.63) is 23.0 Å². The van der Waals surface area contributed by atoms with E-state index in [1.165, 1.54) is 56.6 Å². The summed E-state index contributed by atoms with van der Waals surface area (Å²) >= 11 is 5.74. The third-order valence-corrected chi connectivity index (χ3v) is 4.87. The van der Waals surface area contributed by atoms with Crippen LogP contribution < -0.4 is 0 Å². The van der Waals surface area contributed by atoms with Gasteiger partial charge in [-0.2, -0.15) is 5.10 Å². The lowest BCUT2D eigenvalue weighted by Gasteiger charge is -2.42. The summed E-state index contributed by atoms with van der Waals surface area (Å²) < 4.78 is 1.39. The van der Waals surface area contributed by atoms with E-state index in [0.717, 1.165) is 18.7 Å². The van der Waals surface area contributed by atoms with E-state index in [1.807, 2.05) is 12.1 Å². The second kappa shape index (κ2) is 5.73. The fraction of sp³-hybridized carbons (Fsp3) is 0.714. The highest BCUT2D eigenvalue weighted by Crippen LogP contribution is 2.22. The lowest BCUT2D eigenvalue weighted by atomic mass is 10.2. The first-order chi connectivity index (χ1) is 9.26. The molecule has 0 bridgehead atoms. The molecule has 0 radical (unpaired) electrons. The van der Waals surface area contributed by atoms with Crippen LogP contribution in [0.1, 0.15) is 18.5 Å². The number of hydrogen-bond acceptors (Lipinski definition) is 3. The fourth-order valence-corrected chi connectivity index (χ4v) is 3.46. The number of hydrogen-bond donors (Lipinski definition) is 0. The van der Waals surface area contributed by atoms with Crippen molar-refractivity contribution in [3.63, 3.8) is 0 Å². The van der Waals surface area contributed by atoms with Crippen LogP contribution in [0.15, 0.2) is 12.1 Å². The highest BCUT2D eigenvalue weighted by atomic mass is 35.5. The van der Waals surface area contributed by atoms with Crippen molar-refractivity contribution >= 4 is 11.6 Å². The molecule has 0 aliphatic carbocycles. The quantitative estimate of drug-likeness (QED) is 0.788. The van der Waals surface area contributed by atoms with E-state index in [0.29, 0.717) is 5.15 Å². The fourth-order valence-electron chi connectivity index (χ4n) is 3.36. The Labute approximate surface area is 120 Å².